The number of hydrogen-bond acceptors (Lipinski definition) is 2. The van der Waals surface area contributed by atoms with Crippen LogP contribution in [0.15, 0.2) is 42.6 Å². The molecule has 2 rings (SSSR count). The van der Waals surface area contributed by atoms with Crippen LogP contribution in [0.25, 0.3) is 11.3 Å². The second kappa shape index (κ2) is 3.96. The molecular weight excluding hydrogens is 174 g/mol. The van der Waals surface area contributed by atoms with E-state index in [9.17, 15) is 0 Å². The first-order valence-electron chi connectivity index (χ1n) is 4.69. The van der Waals surface area contributed by atoms with Crippen molar-refractivity contribution in [3.05, 3.63) is 42.6 Å². The van der Waals surface area contributed by atoms with Gasteiger partial charge in [0.05, 0.1) is 6.20 Å². The minimum absolute atomic E-state index is 0.792. The van der Waals surface area contributed by atoms with Gasteiger partial charge in [0.2, 0.25) is 6.54 Å². The molecule has 0 aliphatic carbocycles. The van der Waals surface area contributed by atoms with Crippen LogP contribution < -0.4 is 4.80 Å². The number of aryl methyl sites for hydroxylation is 1. The molecule has 1 aromatic heterocycles. The third-order valence-corrected chi connectivity index (χ3v) is 2.01. The van der Waals surface area contributed by atoms with Crippen LogP contribution >= 0.6 is 0 Å². The summed E-state index contributed by atoms with van der Waals surface area (Å²) in [5.74, 6) is 0. The van der Waals surface area contributed by atoms with E-state index in [1.165, 1.54) is 0 Å². The highest BCUT2D eigenvalue weighted by atomic mass is 15.4. The molecule has 2 aromatic rings. The van der Waals surface area contributed by atoms with Gasteiger partial charge in [-0.25, -0.2) is 0 Å². The van der Waals surface area contributed by atoms with Crippen molar-refractivity contribution >= 4 is 0 Å². The predicted octanol–water partition coefficient (Wildman–Crippen LogP) is 1.45. The Morgan fingerprint density at radius 3 is 2.64 bits per heavy atom. The van der Waals surface area contributed by atoms with Gasteiger partial charge >= 0.3 is 0 Å². The molecule has 1 aromatic carbocycles. The SMILES string of the molecule is CC[n+]1nccc(-c2ccccc2)n1. The topological polar surface area (TPSA) is 29.7 Å². The molecule has 0 aliphatic heterocycles. The zero-order valence-electron chi connectivity index (χ0n) is 8.09. The van der Waals surface area contributed by atoms with Crippen molar-refractivity contribution in [1.29, 1.82) is 0 Å². The normalized spacial score (nSPS) is 10.1. The Morgan fingerprint density at radius 2 is 1.93 bits per heavy atom. The molecule has 0 radical (unpaired) electrons. The maximum atomic E-state index is 4.37. The first kappa shape index (κ1) is 8.81. The summed E-state index contributed by atoms with van der Waals surface area (Å²) in [5.41, 5.74) is 2.08. The summed E-state index contributed by atoms with van der Waals surface area (Å²) in [7, 11) is 0. The lowest BCUT2D eigenvalue weighted by atomic mass is 10.1. The second-order valence-electron chi connectivity index (χ2n) is 2.97. The summed E-state index contributed by atoms with van der Waals surface area (Å²) < 4.78 is 0. The van der Waals surface area contributed by atoms with Gasteiger partial charge in [0, 0.05) is 27.5 Å². The molecule has 0 unspecified atom stereocenters. The van der Waals surface area contributed by atoms with E-state index in [0.29, 0.717) is 0 Å². The molecule has 0 amide bonds. The maximum Gasteiger partial charge on any atom is 0.200 e. The van der Waals surface area contributed by atoms with Crippen molar-refractivity contribution in [1.82, 2.24) is 10.2 Å². The fourth-order valence-corrected chi connectivity index (χ4v) is 1.28. The lowest BCUT2D eigenvalue weighted by molar-refractivity contribution is -0.804. The van der Waals surface area contributed by atoms with Crippen molar-refractivity contribution in [2.75, 3.05) is 0 Å². The van der Waals surface area contributed by atoms with Crippen molar-refractivity contribution in [2.45, 2.75) is 13.5 Å². The van der Waals surface area contributed by atoms with E-state index in [0.717, 1.165) is 17.8 Å². The van der Waals surface area contributed by atoms with Gasteiger partial charge in [-0.2, -0.15) is 0 Å². The highest BCUT2D eigenvalue weighted by Gasteiger charge is 2.05. The van der Waals surface area contributed by atoms with Gasteiger partial charge in [0.15, 0.2) is 0 Å². The Kier molecular flexibility index (Phi) is 2.49. The number of aromatic nitrogens is 3. The van der Waals surface area contributed by atoms with Crippen LogP contribution in [0, 0.1) is 0 Å². The third-order valence-electron chi connectivity index (χ3n) is 2.01. The Labute approximate surface area is 83.0 Å². The summed E-state index contributed by atoms with van der Waals surface area (Å²) >= 11 is 0. The van der Waals surface area contributed by atoms with Crippen LogP contribution in [-0.2, 0) is 6.54 Å². The van der Waals surface area contributed by atoms with Gasteiger partial charge in [0.1, 0.15) is 5.69 Å². The van der Waals surface area contributed by atoms with Crippen molar-refractivity contribution < 1.29 is 4.80 Å². The fourth-order valence-electron chi connectivity index (χ4n) is 1.28. The van der Waals surface area contributed by atoms with Gasteiger partial charge < -0.3 is 0 Å². The molecule has 0 spiro atoms. The molecule has 0 N–H and O–H groups in total. The average molecular weight is 186 g/mol. The maximum absolute atomic E-state index is 4.37. The standard InChI is InChI=1S/C11H12N3/c1-2-14-12-9-8-11(13-14)10-6-4-3-5-7-10/h3-9H,2H2,1H3/q+1. The molecule has 0 saturated carbocycles. The summed E-state index contributed by atoms with van der Waals surface area (Å²) in [5, 5.41) is 8.46. The Balaban J connectivity index is 2.42. The second-order valence-corrected chi connectivity index (χ2v) is 2.97. The number of nitrogens with zero attached hydrogens (tertiary/aromatic N) is 3. The molecule has 1 heterocycles. The van der Waals surface area contributed by atoms with Crippen LogP contribution in [0.2, 0.25) is 0 Å². The molecule has 0 bridgehead atoms. The number of benzene rings is 1. The summed E-state index contributed by atoms with van der Waals surface area (Å²) in [6.07, 6.45) is 1.78. The monoisotopic (exact) mass is 186 g/mol. The molecule has 70 valence electrons. The summed E-state index contributed by atoms with van der Waals surface area (Å²) in [6, 6.07) is 12.0. The quantitative estimate of drug-likeness (QED) is 0.664. The van der Waals surface area contributed by atoms with E-state index in [4.69, 9.17) is 0 Å². The molecule has 14 heavy (non-hydrogen) atoms. The van der Waals surface area contributed by atoms with E-state index in [-0.39, 0.29) is 0 Å². The van der Waals surface area contributed by atoms with Gasteiger partial charge in [0.25, 0.3) is 0 Å². The van der Waals surface area contributed by atoms with Crippen LogP contribution in [0.4, 0.5) is 0 Å². The molecule has 3 heteroatoms. The van der Waals surface area contributed by atoms with Gasteiger partial charge in [-0.3, -0.25) is 0 Å². The van der Waals surface area contributed by atoms with E-state index in [1.807, 2.05) is 43.3 Å². The van der Waals surface area contributed by atoms with E-state index in [1.54, 1.807) is 11.0 Å². The smallest absolute Gasteiger partial charge is 0.0622 e. The van der Waals surface area contributed by atoms with Crippen molar-refractivity contribution in [3.63, 3.8) is 0 Å². The summed E-state index contributed by atoms with van der Waals surface area (Å²) in [4.78, 5) is 1.68. The summed E-state index contributed by atoms with van der Waals surface area (Å²) in [6.45, 7) is 2.81. The highest BCUT2D eigenvalue weighted by molar-refractivity contribution is 5.57. The third kappa shape index (κ3) is 1.76. The minimum Gasteiger partial charge on any atom is -0.0622 e. The molecule has 3 nitrogen and oxygen atoms in total. The van der Waals surface area contributed by atoms with E-state index in [2.05, 4.69) is 10.2 Å². The van der Waals surface area contributed by atoms with Crippen LogP contribution in [0.5, 0.6) is 0 Å². The van der Waals surface area contributed by atoms with E-state index < -0.39 is 0 Å². The molecule has 0 aliphatic rings. The lowest BCUT2D eigenvalue weighted by Crippen LogP contribution is -2.40. The Bertz CT molecular complexity index is 412. The van der Waals surface area contributed by atoms with Crippen LogP contribution in [0.3, 0.4) is 0 Å². The predicted molar refractivity (Wildman–Crippen MR) is 53.3 cm³/mol. The Hall–Kier alpha value is -1.77. The zero-order chi connectivity index (χ0) is 9.80. The van der Waals surface area contributed by atoms with Crippen LogP contribution in [0.1, 0.15) is 6.92 Å². The zero-order valence-corrected chi connectivity index (χ0v) is 8.09. The first-order valence-corrected chi connectivity index (χ1v) is 4.69. The minimum atomic E-state index is 0.792. The van der Waals surface area contributed by atoms with Gasteiger partial charge in [-0.05, 0) is 6.07 Å². The number of rotatable bonds is 2. The largest absolute Gasteiger partial charge is 0.200 e. The number of hydrogen-bond donors (Lipinski definition) is 0. The highest BCUT2D eigenvalue weighted by Crippen LogP contribution is 2.12. The van der Waals surface area contributed by atoms with Crippen molar-refractivity contribution in [3.8, 4) is 11.3 Å². The fraction of sp³-hybridized carbons (Fsp3) is 0.182. The molecule has 0 atom stereocenters. The first-order chi connectivity index (χ1) is 6.90. The molecule has 0 fully saturated rings. The van der Waals surface area contributed by atoms with Crippen molar-refractivity contribution in [2.24, 2.45) is 0 Å². The van der Waals surface area contributed by atoms with Gasteiger partial charge in [-0.1, -0.05) is 30.3 Å². The van der Waals surface area contributed by atoms with Gasteiger partial charge in [-0.15, -0.1) is 0 Å². The lowest BCUT2D eigenvalue weighted by Gasteiger charge is -1.95. The van der Waals surface area contributed by atoms with Crippen LogP contribution in [-0.4, -0.2) is 10.2 Å². The molecular formula is C11H12N3+. The average Bonchev–Trinajstić information content (AvgIpc) is 2.30. The molecule has 0 saturated heterocycles. The van der Waals surface area contributed by atoms with E-state index >= 15 is 0 Å². The Morgan fingerprint density at radius 1 is 1.14 bits per heavy atom.